The van der Waals surface area contributed by atoms with Crippen LogP contribution in [-0.4, -0.2) is 69.3 Å². The summed E-state index contributed by atoms with van der Waals surface area (Å²) in [4.78, 5) is 15.6. The van der Waals surface area contributed by atoms with Crippen molar-refractivity contribution < 1.29 is 19.3 Å². The van der Waals surface area contributed by atoms with E-state index in [1.807, 2.05) is 0 Å². The minimum Gasteiger partial charge on any atom is -0.405 e. The highest BCUT2D eigenvalue weighted by Gasteiger charge is 2.40. The van der Waals surface area contributed by atoms with E-state index >= 15 is 0 Å². The molecular weight excluding hydrogens is 276 g/mol. The third kappa shape index (κ3) is 4.07. The molecule has 0 fully saturated rings. The Kier molecular flexibility index (Phi) is 5.97. The number of ether oxygens (including phenoxy) is 3. The molecule has 1 aromatic rings. The van der Waals surface area contributed by atoms with Gasteiger partial charge in [-0.15, -0.1) is 0 Å². The van der Waals surface area contributed by atoms with Crippen molar-refractivity contribution in [2.45, 2.75) is 23.8 Å². The Morgan fingerprint density at radius 2 is 1.95 bits per heavy atom. The summed E-state index contributed by atoms with van der Waals surface area (Å²) in [6, 6.07) is 1.48. The number of aromatic nitrogens is 2. The predicted molar refractivity (Wildman–Crippen MR) is 82.6 cm³/mol. The first kappa shape index (κ1) is 17.7. The van der Waals surface area contributed by atoms with Gasteiger partial charge in [-0.3, -0.25) is 4.57 Å². The fourth-order valence-corrected chi connectivity index (χ4v) is 2.24. The van der Waals surface area contributed by atoms with Gasteiger partial charge in [0.25, 0.3) is 0 Å². The highest BCUT2D eigenvalue weighted by atomic mass is 16.6. The Balaban J connectivity index is 3.24. The maximum atomic E-state index is 12.0. The molecule has 0 bridgehead atoms. The summed E-state index contributed by atoms with van der Waals surface area (Å²) in [5.74, 6) is 0.117. The minimum absolute atomic E-state index is 0.117. The van der Waals surface area contributed by atoms with Gasteiger partial charge in [-0.25, -0.2) is 4.79 Å². The van der Waals surface area contributed by atoms with Crippen molar-refractivity contribution in [1.82, 2.24) is 9.55 Å². The molecule has 0 saturated carbocycles. The van der Waals surface area contributed by atoms with E-state index in [1.54, 1.807) is 15.7 Å². The van der Waals surface area contributed by atoms with Gasteiger partial charge >= 0.3 is 5.69 Å². The van der Waals surface area contributed by atoms with Crippen LogP contribution in [0.3, 0.4) is 0 Å². The Labute approximate surface area is 125 Å². The molecule has 8 nitrogen and oxygen atoms in total. The molecule has 1 aromatic heterocycles. The zero-order valence-corrected chi connectivity index (χ0v) is 12.9. The van der Waals surface area contributed by atoms with Crippen molar-refractivity contribution in [3.63, 3.8) is 0 Å². The van der Waals surface area contributed by atoms with Crippen LogP contribution in [0.1, 0.15) is 6.23 Å². The van der Waals surface area contributed by atoms with Crippen molar-refractivity contribution in [2.75, 3.05) is 27.1 Å². The Morgan fingerprint density at radius 3 is 2.33 bits per heavy atom. The maximum absolute atomic E-state index is 12.0. The summed E-state index contributed by atoms with van der Waals surface area (Å²) < 4.78 is 17.3. The van der Waals surface area contributed by atoms with Gasteiger partial charge in [0.05, 0.1) is 0 Å². The van der Waals surface area contributed by atoms with Gasteiger partial charge in [0.15, 0.2) is 6.23 Å². The molecule has 0 amide bonds. The van der Waals surface area contributed by atoms with Gasteiger partial charge in [0.2, 0.25) is 0 Å². The van der Waals surface area contributed by atoms with Crippen LogP contribution in [0.2, 0.25) is 0 Å². The number of nitrogen functional groups attached to an aromatic ring is 1. The van der Waals surface area contributed by atoms with Gasteiger partial charge < -0.3 is 25.1 Å². The number of nitrogens with zero attached hydrogens (tertiary/aromatic N) is 2. The summed E-state index contributed by atoms with van der Waals surface area (Å²) in [7, 11) is 7.50. The zero-order chi connectivity index (χ0) is 16.2. The van der Waals surface area contributed by atoms with Gasteiger partial charge in [0, 0.05) is 32.9 Å². The summed E-state index contributed by atoms with van der Waals surface area (Å²) >= 11 is 0. The molecule has 21 heavy (non-hydrogen) atoms. The smallest absolute Gasteiger partial charge is 0.351 e. The van der Waals surface area contributed by atoms with Crippen LogP contribution in [0.5, 0.6) is 0 Å². The van der Waals surface area contributed by atoms with Gasteiger partial charge in [-0.2, -0.15) is 4.98 Å². The number of anilines is 1. The standard InChI is InChI=1S/C11H21B2N3O5/c1-19-7(8(20-2)11(12,13)18)9(21-3)16-5-4-6(14)15-10(16)17/h4-5,7-9,18H,12-13H2,1-3H3,(H2,14,15,17)/t7-,8?,9-/m1/s1. The normalized spacial score (nSPS) is 16.4. The van der Waals surface area contributed by atoms with Crippen LogP contribution in [0.15, 0.2) is 17.1 Å². The summed E-state index contributed by atoms with van der Waals surface area (Å²) in [5.41, 5.74) is 4.90. The van der Waals surface area contributed by atoms with E-state index in [1.165, 1.54) is 38.2 Å². The van der Waals surface area contributed by atoms with Crippen LogP contribution in [-0.2, 0) is 14.2 Å². The molecule has 3 N–H and O–H groups in total. The predicted octanol–water partition coefficient (Wildman–Crippen LogP) is -3.09. The first-order valence-electron chi connectivity index (χ1n) is 6.41. The van der Waals surface area contributed by atoms with Crippen molar-refractivity contribution in [2.24, 2.45) is 0 Å². The zero-order valence-electron chi connectivity index (χ0n) is 12.9. The second-order valence-corrected chi connectivity index (χ2v) is 5.18. The van der Waals surface area contributed by atoms with Gasteiger partial charge in [0.1, 0.15) is 33.7 Å². The lowest BCUT2D eigenvalue weighted by molar-refractivity contribution is -0.159. The molecule has 10 heteroatoms. The number of rotatable bonds is 7. The number of methoxy groups -OCH3 is 3. The lowest BCUT2D eigenvalue weighted by Crippen LogP contribution is -2.55. The summed E-state index contributed by atoms with van der Waals surface area (Å²) in [6.07, 6.45) is -0.825. The van der Waals surface area contributed by atoms with Crippen LogP contribution < -0.4 is 11.4 Å². The lowest BCUT2D eigenvalue weighted by Gasteiger charge is -2.38. The highest BCUT2D eigenvalue weighted by Crippen LogP contribution is 2.23. The molecule has 0 aliphatic rings. The van der Waals surface area contributed by atoms with E-state index in [2.05, 4.69) is 4.98 Å². The fraction of sp³-hybridized carbons (Fsp3) is 0.636. The van der Waals surface area contributed by atoms with Crippen LogP contribution in [0.4, 0.5) is 5.82 Å². The first-order valence-corrected chi connectivity index (χ1v) is 6.41. The second-order valence-electron chi connectivity index (χ2n) is 5.18. The molecule has 3 atom stereocenters. The molecule has 0 spiro atoms. The van der Waals surface area contributed by atoms with E-state index in [4.69, 9.17) is 19.9 Å². The first-order chi connectivity index (χ1) is 9.76. The molecule has 1 unspecified atom stereocenters. The van der Waals surface area contributed by atoms with Gasteiger partial charge in [-0.1, -0.05) is 0 Å². The monoisotopic (exact) mass is 297 g/mol. The highest BCUT2D eigenvalue weighted by molar-refractivity contribution is 6.39. The van der Waals surface area contributed by atoms with E-state index in [0.717, 1.165) is 0 Å². The third-order valence-corrected chi connectivity index (χ3v) is 3.17. The molecule has 1 heterocycles. The summed E-state index contributed by atoms with van der Waals surface area (Å²) in [5, 5.41) is 9.00. The van der Waals surface area contributed by atoms with E-state index in [9.17, 15) is 9.90 Å². The molecule has 0 aliphatic carbocycles. The molecule has 0 saturated heterocycles. The Morgan fingerprint density at radius 1 is 1.33 bits per heavy atom. The topological polar surface area (TPSA) is 109 Å². The molecule has 1 rings (SSSR count). The Hall–Kier alpha value is -1.35. The van der Waals surface area contributed by atoms with Gasteiger partial charge in [-0.05, 0) is 6.07 Å². The van der Waals surface area contributed by atoms with Crippen molar-refractivity contribution in [1.29, 1.82) is 0 Å². The Bertz CT molecular complexity index is 519. The SMILES string of the molecule is BC(B)(O)C(OC)[C@@H](OC)[C@@H](OC)n1ccc(N)nc1=O. The van der Waals surface area contributed by atoms with E-state index < -0.39 is 29.5 Å². The maximum Gasteiger partial charge on any atom is 0.351 e. The fourth-order valence-electron chi connectivity index (χ4n) is 2.24. The van der Waals surface area contributed by atoms with Crippen LogP contribution in [0, 0.1) is 0 Å². The quantitative estimate of drug-likeness (QED) is 0.513. The number of hydrogen-bond acceptors (Lipinski definition) is 7. The van der Waals surface area contributed by atoms with Crippen molar-refractivity contribution in [3.8, 4) is 0 Å². The second kappa shape index (κ2) is 7.08. The third-order valence-electron chi connectivity index (χ3n) is 3.17. The molecule has 116 valence electrons. The molecule has 0 radical (unpaired) electrons. The lowest BCUT2D eigenvalue weighted by atomic mass is 9.60. The van der Waals surface area contributed by atoms with Crippen molar-refractivity contribution >= 4 is 21.5 Å². The minimum atomic E-state index is -1.20. The van der Waals surface area contributed by atoms with E-state index in [-0.39, 0.29) is 5.82 Å². The van der Waals surface area contributed by atoms with Crippen molar-refractivity contribution in [3.05, 3.63) is 22.7 Å². The average Bonchev–Trinajstić information content (AvgIpc) is 2.38. The molecular formula is C11H21B2N3O5. The van der Waals surface area contributed by atoms with E-state index in [0.29, 0.717) is 0 Å². The van der Waals surface area contributed by atoms with Crippen LogP contribution >= 0.6 is 0 Å². The average molecular weight is 297 g/mol. The van der Waals surface area contributed by atoms with Crippen LogP contribution in [0.25, 0.3) is 0 Å². The number of hydrogen-bond donors (Lipinski definition) is 2. The number of aliphatic hydroxyl groups is 1. The largest absolute Gasteiger partial charge is 0.405 e. The number of nitrogens with two attached hydrogens (primary N) is 1. The molecule has 0 aliphatic heterocycles. The summed E-state index contributed by atoms with van der Waals surface area (Å²) in [6.45, 7) is 0. The molecule has 0 aromatic carbocycles.